The van der Waals surface area contributed by atoms with E-state index in [0.717, 1.165) is 64.3 Å². The average molecular weight is 450 g/mol. The number of fused-ring (bicyclic) bond motifs is 2. The first-order chi connectivity index (χ1) is 16.6. The van der Waals surface area contributed by atoms with Gasteiger partial charge in [-0.2, -0.15) is 0 Å². The maximum absolute atomic E-state index is 14.8. The number of para-hydroxylation sites is 1. The molecular formula is C29H24FN3O. The summed E-state index contributed by atoms with van der Waals surface area (Å²) in [5.74, 6) is -0.0535. The fourth-order valence-corrected chi connectivity index (χ4v) is 5.21. The number of aryl methyl sites for hydroxylation is 1. The van der Waals surface area contributed by atoms with Crippen molar-refractivity contribution < 1.29 is 9.18 Å². The molecule has 0 aliphatic carbocycles. The number of hydrogen-bond donors (Lipinski definition) is 2. The second kappa shape index (κ2) is 8.03. The molecule has 2 N–H and O–H groups in total. The van der Waals surface area contributed by atoms with Crippen LogP contribution in [0.15, 0.2) is 78.9 Å². The minimum absolute atomic E-state index is 0.0848. The highest BCUT2D eigenvalue weighted by molar-refractivity contribution is 6.20. The summed E-state index contributed by atoms with van der Waals surface area (Å²) in [5.41, 5.74) is 6.43. The molecule has 34 heavy (non-hydrogen) atoms. The molecule has 168 valence electrons. The van der Waals surface area contributed by atoms with Crippen molar-refractivity contribution in [2.75, 3.05) is 11.9 Å². The van der Waals surface area contributed by atoms with E-state index in [1.165, 1.54) is 6.07 Å². The molecule has 0 unspecified atom stereocenters. The largest absolute Gasteiger partial charge is 0.371 e. The van der Waals surface area contributed by atoms with Crippen LogP contribution in [0, 0.1) is 12.7 Å². The third kappa shape index (κ3) is 3.08. The molecule has 0 fully saturated rings. The van der Waals surface area contributed by atoms with E-state index in [-0.39, 0.29) is 11.3 Å². The first kappa shape index (κ1) is 20.5. The summed E-state index contributed by atoms with van der Waals surface area (Å²) in [6.45, 7) is 3.58. The second-order valence-corrected chi connectivity index (χ2v) is 8.72. The van der Waals surface area contributed by atoms with Gasteiger partial charge < -0.3 is 14.9 Å². The molecule has 3 heterocycles. The van der Waals surface area contributed by atoms with Gasteiger partial charge >= 0.3 is 0 Å². The Labute approximate surface area is 197 Å². The highest BCUT2D eigenvalue weighted by atomic mass is 19.1. The van der Waals surface area contributed by atoms with E-state index in [2.05, 4.69) is 33.1 Å². The Bertz CT molecular complexity index is 1540. The van der Waals surface area contributed by atoms with Crippen molar-refractivity contribution in [3.05, 3.63) is 102 Å². The minimum atomic E-state index is -0.508. The third-order valence-electron chi connectivity index (χ3n) is 6.65. The number of carbonyl (C=O) groups excluding carboxylic acids is 1. The molecule has 0 radical (unpaired) electrons. The van der Waals surface area contributed by atoms with Crippen molar-refractivity contribution >= 4 is 22.5 Å². The number of anilines is 1. The van der Waals surface area contributed by atoms with Crippen LogP contribution in [-0.2, 0) is 6.54 Å². The number of hydrogen-bond acceptors (Lipinski definition) is 2. The molecule has 5 aromatic rings. The van der Waals surface area contributed by atoms with Crippen molar-refractivity contribution in [3.63, 3.8) is 0 Å². The fourth-order valence-electron chi connectivity index (χ4n) is 5.21. The summed E-state index contributed by atoms with van der Waals surface area (Å²) < 4.78 is 17.0. The first-order valence-corrected chi connectivity index (χ1v) is 11.6. The number of halogens is 1. The molecule has 0 atom stereocenters. The van der Waals surface area contributed by atoms with Crippen molar-refractivity contribution in [2.45, 2.75) is 19.9 Å². The van der Waals surface area contributed by atoms with Crippen LogP contribution in [0.1, 0.15) is 28.0 Å². The maximum Gasteiger partial charge on any atom is 0.200 e. The van der Waals surface area contributed by atoms with Crippen molar-refractivity contribution in [1.82, 2.24) is 9.55 Å². The van der Waals surface area contributed by atoms with Crippen LogP contribution in [0.2, 0.25) is 0 Å². The van der Waals surface area contributed by atoms with Gasteiger partial charge in [0.25, 0.3) is 0 Å². The van der Waals surface area contributed by atoms with Crippen LogP contribution < -0.4 is 5.32 Å². The molecule has 4 nitrogen and oxygen atoms in total. The highest BCUT2D eigenvalue weighted by Crippen LogP contribution is 2.47. The van der Waals surface area contributed by atoms with Gasteiger partial charge in [0.2, 0.25) is 0 Å². The van der Waals surface area contributed by atoms with E-state index in [1.54, 1.807) is 18.2 Å². The number of nitrogens with zero attached hydrogens (tertiary/aromatic N) is 1. The molecule has 1 aliphatic rings. The number of H-pyrrole nitrogens is 1. The van der Waals surface area contributed by atoms with Gasteiger partial charge in [-0.25, -0.2) is 4.39 Å². The molecule has 0 spiro atoms. The molecule has 0 bridgehead atoms. The van der Waals surface area contributed by atoms with Crippen LogP contribution in [0.25, 0.3) is 33.3 Å². The van der Waals surface area contributed by atoms with Crippen LogP contribution in [0.5, 0.6) is 0 Å². The molecule has 0 amide bonds. The van der Waals surface area contributed by atoms with Gasteiger partial charge in [0, 0.05) is 40.8 Å². The molecule has 2 aromatic heterocycles. The van der Waals surface area contributed by atoms with Crippen molar-refractivity contribution in [1.29, 1.82) is 0 Å². The van der Waals surface area contributed by atoms with E-state index in [0.29, 0.717) is 5.56 Å². The first-order valence-electron chi connectivity index (χ1n) is 11.6. The third-order valence-corrected chi connectivity index (χ3v) is 6.65. The molecule has 1 aliphatic heterocycles. The van der Waals surface area contributed by atoms with Crippen LogP contribution >= 0.6 is 0 Å². The predicted octanol–water partition coefficient (Wildman–Crippen LogP) is 6.80. The summed E-state index contributed by atoms with van der Waals surface area (Å²) in [6.07, 6.45) is 0.946. The number of nitrogens with one attached hydrogen (secondary N) is 2. The smallest absolute Gasteiger partial charge is 0.200 e. The normalized spacial score (nSPS) is 13.0. The van der Waals surface area contributed by atoms with Gasteiger partial charge in [-0.15, -0.1) is 0 Å². The molecular weight excluding hydrogens is 425 g/mol. The molecule has 3 aromatic carbocycles. The zero-order valence-electron chi connectivity index (χ0n) is 18.9. The second-order valence-electron chi connectivity index (χ2n) is 8.72. The number of ketones is 1. The zero-order chi connectivity index (χ0) is 23.2. The minimum Gasteiger partial charge on any atom is -0.371 e. The summed E-state index contributed by atoms with van der Waals surface area (Å²) in [7, 11) is 0. The lowest BCUT2D eigenvalue weighted by Crippen LogP contribution is -2.19. The van der Waals surface area contributed by atoms with Crippen LogP contribution in [0.3, 0.4) is 0 Å². The highest BCUT2D eigenvalue weighted by Gasteiger charge is 2.33. The van der Waals surface area contributed by atoms with Crippen LogP contribution in [-0.4, -0.2) is 21.9 Å². The lowest BCUT2D eigenvalue weighted by molar-refractivity contribution is 0.103. The Morgan fingerprint density at radius 2 is 1.65 bits per heavy atom. The zero-order valence-corrected chi connectivity index (χ0v) is 18.9. The molecule has 0 saturated heterocycles. The molecule has 6 rings (SSSR count). The summed E-state index contributed by atoms with van der Waals surface area (Å²) in [4.78, 5) is 17.5. The van der Waals surface area contributed by atoms with E-state index < -0.39 is 5.82 Å². The van der Waals surface area contributed by atoms with Gasteiger partial charge in [0.1, 0.15) is 11.6 Å². The molecule has 0 saturated carbocycles. The van der Waals surface area contributed by atoms with E-state index >= 15 is 0 Å². The lowest BCUT2D eigenvalue weighted by atomic mass is 9.91. The summed E-state index contributed by atoms with van der Waals surface area (Å²) >= 11 is 0. The predicted molar refractivity (Wildman–Crippen MR) is 135 cm³/mol. The Balaban J connectivity index is 1.76. The Morgan fingerprint density at radius 1 is 0.912 bits per heavy atom. The van der Waals surface area contributed by atoms with Crippen LogP contribution in [0.4, 0.5) is 10.2 Å². The summed E-state index contributed by atoms with van der Waals surface area (Å²) in [6, 6.07) is 24.5. The van der Waals surface area contributed by atoms with E-state index in [1.807, 2.05) is 43.3 Å². The quantitative estimate of drug-likeness (QED) is 0.297. The number of rotatable bonds is 4. The fraction of sp³-hybridized carbons (Fsp3) is 0.138. The Morgan fingerprint density at radius 3 is 2.47 bits per heavy atom. The van der Waals surface area contributed by atoms with Crippen molar-refractivity contribution in [3.8, 4) is 22.4 Å². The van der Waals surface area contributed by atoms with Gasteiger partial charge in [-0.05, 0) is 37.1 Å². The van der Waals surface area contributed by atoms with Gasteiger partial charge in [-0.3, -0.25) is 4.79 Å². The maximum atomic E-state index is 14.8. The Hall–Kier alpha value is -4.12. The van der Waals surface area contributed by atoms with Gasteiger partial charge in [-0.1, -0.05) is 60.7 Å². The van der Waals surface area contributed by atoms with Gasteiger partial charge in [0.05, 0.1) is 16.8 Å². The molecule has 5 heteroatoms. The van der Waals surface area contributed by atoms with Crippen molar-refractivity contribution in [2.24, 2.45) is 0 Å². The number of aromatic nitrogens is 2. The number of carbonyl (C=O) groups is 1. The topological polar surface area (TPSA) is 49.8 Å². The number of aromatic amines is 1. The van der Waals surface area contributed by atoms with Gasteiger partial charge in [0.15, 0.2) is 5.78 Å². The summed E-state index contributed by atoms with van der Waals surface area (Å²) in [5, 5.41) is 4.52. The standard InChI is InChI=1S/C29H24FN3O/c1-18-24(21-13-6-8-15-23(21)32-18)25-26(28(34)20-12-5-7-14-22(20)30)29-31-16-9-17-33(29)27(25)19-10-3-2-4-11-19/h2-8,10-15,31-32H,9,16-17H2,1H3. The van der Waals surface area contributed by atoms with E-state index in [9.17, 15) is 9.18 Å². The average Bonchev–Trinajstić information content (AvgIpc) is 3.38. The van der Waals surface area contributed by atoms with E-state index in [4.69, 9.17) is 0 Å². The Kier molecular flexibility index (Phi) is 4.84. The number of benzene rings is 3. The SMILES string of the molecule is Cc1[nH]c2ccccc2c1-c1c(C(=O)c2ccccc2F)c2n(c1-c1ccccc1)CCCN2. The lowest BCUT2D eigenvalue weighted by Gasteiger charge is -2.20. The monoisotopic (exact) mass is 449 g/mol.